The average Bonchev–Trinajstić information content (AvgIpc) is 2.55. The number of hydrogen-bond donors (Lipinski definition) is 3. The number of nitrogens with zero attached hydrogens (tertiary/aromatic N) is 1. The summed E-state index contributed by atoms with van der Waals surface area (Å²) in [5, 5.41) is 9.12. The molecule has 0 fully saturated rings. The van der Waals surface area contributed by atoms with Gasteiger partial charge in [-0.2, -0.15) is 0 Å². The number of esters is 1. The van der Waals surface area contributed by atoms with E-state index >= 15 is 0 Å². The number of carbonyl (C=O) groups excluding carboxylic acids is 1. The first-order valence-electron chi connectivity index (χ1n) is 8.79. The van der Waals surface area contributed by atoms with Crippen LogP contribution in [-0.4, -0.2) is 23.0 Å². The van der Waals surface area contributed by atoms with Crippen molar-refractivity contribution >= 4 is 23.6 Å². The number of rotatable bonds is 6. The SMILES string of the molecule is CC(C)(C)Cc1cc(OC(=O)c2ccc(N=C(N)N)cc2)ccc1CC(=O)O. The first-order valence-corrected chi connectivity index (χ1v) is 8.79. The van der Waals surface area contributed by atoms with E-state index in [2.05, 4.69) is 25.8 Å². The molecule has 0 heterocycles. The summed E-state index contributed by atoms with van der Waals surface area (Å²) >= 11 is 0. The first kappa shape index (κ1) is 21.0. The molecule has 148 valence electrons. The number of aliphatic imine (C=N–C) groups is 1. The fraction of sp³-hybridized carbons (Fsp3) is 0.286. The molecule has 0 radical (unpaired) electrons. The lowest BCUT2D eigenvalue weighted by Gasteiger charge is -2.20. The Bertz CT molecular complexity index is 893. The Morgan fingerprint density at radius 3 is 2.21 bits per heavy atom. The van der Waals surface area contributed by atoms with E-state index < -0.39 is 11.9 Å². The summed E-state index contributed by atoms with van der Waals surface area (Å²) in [6.07, 6.45) is 0.583. The monoisotopic (exact) mass is 383 g/mol. The highest BCUT2D eigenvalue weighted by Gasteiger charge is 2.17. The Morgan fingerprint density at radius 2 is 1.68 bits per heavy atom. The highest BCUT2D eigenvalue weighted by Crippen LogP contribution is 2.27. The van der Waals surface area contributed by atoms with Gasteiger partial charge in [0, 0.05) is 0 Å². The van der Waals surface area contributed by atoms with Gasteiger partial charge >= 0.3 is 11.9 Å². The molecular weight excluding hydrogens is 358 g/mol. The molecule has 5 N–H and O–H groups in total. The van der Waals surface area contributed by atoms with Gasteiger partial charge in [-0.05, 0) is 59.4 Å². The van der Waals surface area contributed by atoms with Crippen LogP contribution in [0.5, 0.6) is 5.75 Å². The lowest BCUT2D eigenvalue weighted by Crippen LogP contribution is -2.21. The summed E-state index contributed by atoms with van der Waals surface area (Å²) in [7, 11) is 0. The molecule has 0 spiro atoms. The topological polar surface area (TPSA) is 128 Å². The van der Waals surface area contributed by atoms with Crippen LogP contribution in [0.1, 0.15) is 42.3 Å². The maximum atomic E-state index is 12.4. The third-order valence-corrected chi connectivity index (χ3v) is 3.81. The number of guanidine groups is 1. The van der Waals surface area contributed by atoms with Gasteiger partial charge in [-0.25, -0.2) is 9.79 Å². The zero-order valence-electron chi connectivity index (χ0n) is 16.2. The van der Waals surface area contributed by atoms with Crippen molar-refractivity contribution in [1.29, 1.82) is 0 Å². The lowest BCUT2D eigenvalue weighted by atomic mass is 9.85. The molecule has 0 aliphatic rings. The molecule has 0 unspecified atom stereocenters. The highest BCUT2D eigenvalue weighted by atomic mass is 16.5. The fourth-order valence-corrected chi connectivity index (χ4v) is 2.72. The normalized spacial score (nSPS) is 11.0. The second kappa shape index (κ2) is 8.56. The van der Waals surface area contributed by atoms with E-state index in [4.69, 9.17) is 21.3 Å². The summed E-state index contributed by atoms with van der Waals surface area (Å²) in [5.41, 5.74) is 13.0. The summed E-state index contributed by atoms with van der Waals surface area (Å²) < 4.78 is 5.46. The van der Waals surface area contributed by atoms with Crippen LogP contribution >= 0.6 is 0 Å². The number of carbonyl (C=O) groups is 2. The van der Waals surface area contributed by atoms with Gasteiger partial charge in [0.05, 0.1) is 17.7 Å². The molecule has 7 heteroatoms. The number of carboxylic acids is 1. The van der Waals surface area contributed by atoms with Crippen LogP contribution in [0.4, 0.5) is 5.69 Å². The minimum Gasteiger partial charge on any atom is -0.481 e. The number of hydrogen-bond acceptors (Lipinski definition) is 4. The Labute approximate surface area is 164 Å². The minimum absolute atomic E-state index is 0.0446. The quantitative estimate of drug-likeness (QED) is 0.304. The Hall–Kier alpha value is -3.35. The van der Waals surface area contributed by atoms with Crippen molar-refractivity contribution in [1.82, 2.24) is 0 Å². The van der Waals surface area contributed by atoms with Gasteiger partial charge in [0.1, 0.15) is 5.75 Å². The van der Waals surface area contributed by atoms with Crippen LogP contribution in [0.2, 0.25) is 0 Å². The third-order valence-electron chi connectivity index (χ3n) is 3.81. The second-order valence-electron chi connectivity index (χ2n) is 7.71. The van der Waals surface area contributed by atoms with Crippen molar-refractivity contribution in [3.05, 3.63) is 59.2 Å². The lowest BCUT2D eigenvalue weighted by molar-refractivity contribution is -0.136. The smallest absolute Gasteiger partial charge is 0.343 e. The van der Waals surface area contributed by atoms with Gasteiger partial charge in [0.15, 0.2) is 5.96 Å². The van der Waals surface area contributed by atoms with Crippen LogP contribution in [0.15, 0.2) is 47.5 Å². The van der Waals surface area contributed by atoms with Crippen molar-refractivity contribution in [3.63, 3.8) is 0 Å². The second-order valence-corrected chi connectivity index (χ2v) is 7.71. The Balaban J connectivity index is 2.22. The zero-order valence-corrected chi connectivity index (χ0v) is 16.2. The van der Waals surface area contributed by atoms with Crippen molar-refractivity contribution in [2.75, 3.05) is 0 Å². The number of benzene rings is 2. The summed E-state index contributed by atoms with van der Waals surface area (Å²) in [6, 6.07) is 11.4. The van der Waals surface area contributed by atoms with Gasteiger partial charge in [-0.1, -0.05) is 26.8 Å². The van der Waals surface area contributed by atoms with E-state index in [0.29, 0.717) is 29.0 Å². The summed E-state index contributed by atoms with van der Waals surface area (Å²) in [6.45, 7) is 6.19. The molecule has 0 aliphatic carbocycles. The van der Waals surface area contributed by atoms with E-state index in [9.17, 15) is 9.59 Å². The van der Waals surface area contributed by atoms with Crippen LogP contribution in [0.25, 0.3) is 0 Å². The Kier molecular flexibility index (Phi) is 6.41. The molecule has 2 aromatic rings. The molecular formula is C21H25N3O4. The molecule has 0 saturated heterocycles. The van der Waals surface area contributed by atoms with Crippen LogP contribution in [-0.2, 0) is 17.6 Å². The molecule has 0 bridgehead atoms. The molecule has 0 saturated carbocycles. The molecule has 0 amide bonds. The standard InChI is InChI=1S/C21H25N3O4/c1-21(2,3)12-15-10-17(9-6-14(15)11-18(25)26)28-19(27)13-4-7-16(8-5-13)24-20(22)23/h4-10H,11-12H2,1-3H3,(H,25,26)(H4,22,23,24). The molecule has 2 rings (SSSR count). The molecule has 0 atom stereocenters. The first-order chi connectivity index (χ1) is 13.0. The van der Waals surface area contributed by atoms with E-state index in [0.717, 1.165) is 5.56 Å². The molecule has 28 heavy (non-hydrogen) atoms. The van der Waals surface area contributed by atoms with Crippen molar-refractivity contribution in [2.45, 2.75) is 33.6 Å². The maximum Gasteiger partial charge on any atom is 0.343 e. The van der Waals surface area contributed by atoms with Gasteiger partial charge in [0.25, 0.3) is 0 Å². The Morgan fingerprint density at radius 1 is 1.04 bits per heavy atom. The van der Waals surface area contributed by atoms with Crippen LogP contribution in [0.3, 0.4) is 0 Å². The van der Waals surface area contributed by atoms with E-state index in [-0.39, 0.29) is 17.8 Å². The number of aliphatic carboxylic acids is 1. The zero-order chi connectivity index (χ0) is 20.9. The predicted octanol–water partition coefficient (Wildman–Crippen LogP) is 3.03. The van der Waals surface area contributed by atoms with Crippen molar-refractivity contribution in [3.8, 4) is 5.75 Å². The molecule has 7 nitrogen and oxygen atoms in total. The number of carboxylic acid groups (broad SMARTS) is 1. The van der Waals surface area contributed by atoms with Crippen molar-refractivity contribution < 1.29 is 19.4 Å². The minimum atomic E-state index is -0.902. The van der Waals surface area contributed by atoms with Gasteiger partial charge in [-0.3, -0.25) is 4.79 Å². The molecule has 0 aliphatic heterocycles. The average molecular weight is 383 g/mol. The number of nitrogens with two attached hydrogens (primary N) is 2. The maximum absolute atomic E-state index is 12.4. The highest BCUT2D eigenvalue weighted by molar-refractivity contribution is 5.91. The number of ether oxygens (including phenoxy) is 1. The predicted molar refractivity (Wildman–Crippen MR) is 108 cm³/mol. The van der Waals surface area contributed by atoms with E-state index in [1.165, 1.54) is 0 Å². The van der Waals surface area contributed by atoms with Gasteiger partial charge in [-0.15, -0.1) is 0 Å². The van der Waals surface area contributed by atoms with E-state index in [1.807, 2.05) is 0 Å². The third kappa shape index (κ3) is 6.42. The largest absolute Gasteiger partial charge is 0.481 e. The van der Waals surface area contributed by atoms with Crippen LogP contribution in [0, 0.1) is 5.41 Å². The van der Waals surface area contributed by atoms with Gasteiger partial charge in [0.2, 0.25) is 0 Å². The van der Waals surface area contributed by atoms with E-state index in [1.54, 1.807) is 42.5 Å². The fourth-order valence-electron chi connectivity index (χ4n) is 2.72. The summed E-state index contributed by atoms with van der Waals surface area (Å²) in [4.78, 5) is 27.4. The van der Waals surface area contributed by atoms with Crippen LogP contribution < -0.4 is 16.2 Å². The molecule has 2 aromatic carbocycles. The van der Waals surface area contributed by atoms with Gasteiger partial charge < -0.3 is 21.3 Å². The molecule has 0 aromatic heterocycles. The van der Waals surface area contributed by atoms with Crippen molar-refractivity contribution in [2.24, 2.45) is 21.9 Å². The summed E-state index contributed by atoms with van der Waals surface area (Å²) in [5.74, 6) is -1.13.